The Kier molecular flexibility index (Phi) is 75.7. The molecule has 0 aliphatic rings. The molecule has 0 spiro atoms. The minimum Gasteiger partial charge on any atom is -0.550 e. The van der Waals surface area contributed by atoms with Crippen molar-refractivity contribution < 1.29 is 64.0 Å². The SMILES string of the molecule is CCCCCCCCCCCCCCCCCC(=O)OC(=O)C(C)O.CCCCCCCCCCCCCCCCCC(=O)[O-].CCCCCCCCCCCCCCCCCCCCCCO.[Na+]. The van der Waals surface area contributed by atoms with Crippen LogP contribution in [0.1, 0.15) is 362 Å². The Morgan fingerprint density at radius 1 is 0.348 bits per heavy atom. The minimum absolute atomic E-state index is 0. The molecule has 0 saturated carbocycles. The topological polar surface area (TPSA) is 124 Å². The second-order valence-corrected chi connectivity index (χ2v) is 20.7. The molecule has 408 valence electrons. The third kappa shape index (κ3) is 76.6. The number of carboxylic acids is 1. The first-order chi connectivity index (χ1) is 33.3. The first-order valence-electron chi connectivity index (χ1n) is 30.5. The van der Waals surface area contributed by atoms with E-state index >= 15 is 0 Å². The molecule has 7 nitrogen and oxygen atoms in total. The minimum atomic E-state index is -1.23. The zero-order chi connectivity index (χ0) is 50.5. The van der Waals surface area contributed by atoms with E-state index in [1.54, 1.807) is 0 Å². The summed E-state index contributed by atoms with van der Waals surface area (Å²) in [7, 11) is 0. The summed E-state index contributed by atoms with van der Waals surface area (Å²) < 4.78 is 4.50. The summed E-state index contributed by atoms with van der Waals surface area (Å²) in [5.41, 5.74) is 0. The monoisotopic (exact) mass is 989 g/mol. The maximum Gasteiger partial charge on any atom is 1.00 e. The molecule has 8 heteroatoms. The van der Waals surface area contributed by atoms with Crippen molar-refractivity contribution in [1.29, 1.82) is 0 Å². The third-order valence-electron chi connectivity index (χ3n) is 13.5. The Morgan fingerprint density at radius 2 is 0.536 bits per heavy atom. The Bertz CT molecular complexity index is 940. The van der Waals surface area contributed by atoms with Crippen LogP contribution in [0, 0.1) is 0 Å². The fourth-order valence-electron chi connectivity index (χ4n) is 8.90. The van der Waals surface area contributed by atoms with Crippen molar-refractivity contribution in [3.05, 3.63) is 0 Å². The summed E-state index contributed by atoms with van der Waals surface area (Å²) in [6.07, 6.45) is 66.2. The molecule has 69 heavy (non-hydrogen) atoms. The molecule has 0 aliphatic heterocycles. The number of carbonyl (C=O) groups excluding carboxylic acids is 3. The van der Waals surface area contributed by atoms with Gasteiger partial charge in [0.15, 0.2) is 0 Å². The van der Waals surface area contributed by atoms with Gasteiger partial charge in [-0.05, 0) is 32.6 Å². The van der Waals surface area contributed by atoms with Gasteiger partial charge >= 0.3 is 41.5 Å². The quantitative estimate of drug-likeness (QED) is 0.0269. The number of hydrogen-bond acceptors (Lipinski definition) is 7. The normalized spacial score (nSPS) is 11.3. The number of aliphatic hydroxyl groups excluding tert-OH is 2. The van der Waals surface area contributed by atoms with Gasteiger partial charge < -0.3 is 24.9 Å². The molecule has 0 aromatic heterocycles. The van der Waals surface area contributed by atoms with Crippen LogP contribution in [0.4, 0.5) is 0 Å². The Balaban J connectivity index is -0.000000459. The molecule has 0 saturated heterocycles. The first-order valence-corrected chi connectivity index (χ1v) is 30.5. The Hall–Kier alpha value is -0.470. The number of hydrogen-bond donors (Lipinski definition) is 2. The number of rotatable bonds is 53. The molecule has 0 rings (SSSR count). The number of carboxylic acid groups (broad SMARTS) is 1. The summed E-state index contributed by atoms with van der Waals surface area (Å²) in [6, 6.07) is 0. The molecule has 0 aromatic rings. The summed E-state index contributed by atoms with van der Waals surface area (Å²) in [5.74, 6) is -2.29. The van der Waals surface area contributed by atoms with Crippen LogP contribution in [0.5, 0.6) is 0 Å². The second kappa shape index (κ2) is 69.6. The predicted molar refractivity (Wildman–Crippen MR) is 292 cm³/mol. The molecule has 1 atom stereocenters. The first kappa shape index (κ1) is 75.1. The summed E-state index contributed by atoms with van der Waals surface area (Å²) in [5, 5.41) is 27.9. The average Bonchev–Trinajstić information content (AvgIpc) is 3.32. The van der Waals surface area contributed by atoms with Gasteiger partial charge in [0.25, 0.3) is 0 Å². The van der Waals surface area contributed by atoms with Gasteiger partial charge in [0.2, 0.25) is 0 Å². The van der Waals surface area contributed by atoms with E-state index < -0.39 is 24.0 Å². The van der Waals surface area contributed by atoms with Crippen LogP contribution in [-0.2, 0) is 19.1 Å². The average molecular weight is 990 g/mol. The van der Waals surface area contributed by atoms with E-state index in [1.165, 1.54) is 289 Å². The fraction of sp³-hybridized carbons (Fsp3) is 0.951. The number of aliphatic carboxylic acids is 1. The molecule has 0 aromatic carbocycles. The van der Waals surface area contributed by atoms with Gasteiger partial charge in [0.05, 0.1) is 0 Å². The van der Waals surface area contributed by atoms with Crippen molar-refractivity contribution in [2.24, 2.45) is 0 Å². The standard InChI is InChI=1S/C22H46O.C21H40O4.C18H36O2.Na/c1-2-3-4-5-6-7-8-9-10-11-12-13-14-15-16-17-18-19-20-21-22-23;1-3-4-5-6-7-8-9-10-11-12-13-14-15-16-17-18-20(23)25-21(24)19(2)22;1-2-3-4-5-6-7-8-9-10-11-12-13-14-15-16-17-18(19)20;/h23H,2-22H2,1H3;19,22H,3-18H2,1-2H3;2-17H2,1H3,(H,19,20);/q;;;+1/p-1. The second-order valence-electron chi connectivity index (χ2n) is 20.7. The molecule has 0 amide bonds. The number of aliphatic hydroxyl groups is 2. The summed E-state index contributed by atoms with van der Waals surface area (Å²) in [4.78, 5) is 32.6. The summed E-state index contributed by atoms with van der Waals surface area (Å²) in [6.45, 7) is 8.49. The molecular weight excluding hydrogens is 868 g/mol. The fourth-order valence-corrected chi connectivity index (χ4v) is 8.90. The molecule has 0 heterocycles. The predicted octanol–water partition coefficient (Wildman–Crippen LogP) is 15.5. The van der Waals surface area contributed by atoms with Crippen LogP contribution >= 0.6 is 0 Å². The Morgan fingerprint density at radius 3 is 0.725 bits per heavy atom. The van der Waals surface area contributed by atoms with E-state index in [1.807, 2.05) is 0 Å². The van der Waals surface area contributed by atoms with Gasteiger partial charge in [0, 0.05) is 19.0 Å². The van der Waals surface area contributed by atoms with Gasteiger partial charge in [-0.3, -0.25) is 4.79 Å². The van der Waals surface area contributed by atoms with E-state index in [0.717, 1.165) is 38.5 Å². The van der Waals surface area contributed by atoms with Crippen LogP contribution < -0.4 is 34.7 Å². The van der Waals surface area contributed by atoms with Crippen LogP contribution in [-0.4, -0.2) is 40.8 Å². The molecule has 2 N–H and O–H groups in total. The van der Waals surface area contributed by atoms with Crippen molar-refractivity contribution in [2.75, 3.05) is 6.61 Å². The van der Waals surface area contributed by atoms with Crippen molar-refractivity contribution in [3.8, 4) is 0 Å². The van der Waals surface area contributed by atoms with Crippen molar-refractivity contribution in [3.63, 3.8) is 0 Å². The molecule has 0 bridgehead atoms. The maximum atomic E-state index is 11.3. The largest absolute Gasteiger partial charge is 1.00 e. The van der Waals surface area contributed by atoms with Crippen molar-refractivity contribution in [1.82, 2.24) is 0 Å². The van der Waals surface area contributed by atoms with E-state index in [-0.39, 0.29) is 42.4 Å². The van der Waals surface area contributed by atoms with Crippen LogP contribution in [0.3, 0.4) is 0 Å². The van der Waals surface area contributed by atoms with Gasteiger partial charge in [-0.1, -0.05) is 323 Å². The molecule has 1 unspecified atom stereocenters. The molecule has 0 radical (unpaired) electrons. The number of unbranched alkanes of at least 4 members (excludes halogenated alkanes) is 47. The van der Waals surface area contributed by atoms with Crippen LogP contribution in [0.25, 0.3) is 0 Å². The maximum absolute atomic E-state index is 11.3. The smallest absolute Gasteiger partial charge is 0.550 e. The van der Waals surface area contributed by atoms with E-state index in [2.05, 4.69) is 25.5 Å². The van der Waals surface area contributed by atoms with E-state index in [4.69, 9.17) is 10.2 Å². The van der Waals surface area contributed by atoms with Crippen molar-refractivity contribution in [2.45, 2.75) is 368 Å². The van der Waals surface area contributed by atoms with Crippen LogP contribution in [0.2, 0.25) is 0 Å². The van der Waals surface area contributed by atoms with Gasteiger partial charge in [0.1, 0.15) is 6.10 Å². The molecule has 0 aliphatic carbocycles. The van der Waals surface area contributed by atoms with Gasteiger partial charge in [-0.25, -0.2) is 4.79 Å². The number of carbonyl (C=O) groups is 3. The van der Waals surface area contributed by atoms with Crippen molar-refractivity contribution >= 4 is 17.9 Å². The van der Waals surface area contributed by atoms with E-state index in [9.17, 15) is 19.5 Å². The zero-order valence-electron chi connectivity index (χ0n) is 47.5. The summed E-state index contributed by atoms with van der Waals surface area (Å²) >= 11 is 0. The van der Waals surface area contributed by atoms with Gasteiger partial charge in [-0.15, -0.1) is 0 Å². The van der Waals surface area contributed by atoms with E-state index in [0.29, 0.717) is 6.61 Å². The number of ether oxygens (including phenoxy) is 1. The van der Waals surface area contributed by atoms with Crippen LogP contribution in [0.15, 0.2) is 0 Å². The molecule has 0 fully saturated rings. The number of esters is 2. The zero-order valence-corrected chi connectivity index (χ0v) is 49.5. The van der Waals surface area contributed by atoms with Gasteiger partial charge in [-0.2, -0.15) is 0 Å². The molecular formula is C61H121NaO7. The third-order valence-corrected chi connectivity index (χ3v) is 13.5. The Labute approximate surface area is 453 Å².